The van der Waals surface area contributed by atoms with Crippen LogP contribution in [-0.4, -0.2) is 20.9 Å². The molecule has 0 bridgehead atoms. The standard InChI is InChI=1S/C22H21FN2O4S/c1-16-13-20(30(27,28)24-14-17-5-3-2-4-6-17)11-12-21(16)29-15-22(26)25-19-9-7-18(23)8-10-19/h2-13,24H,14-15H2,1H3,(H,25,26). The van der Waals surface area contributed by atoms with E-state index >= 15 is 0 Å². The van der Waals surface area contributed by atoms with Crippen molar-refractivity contribution in [2.75, 3.05) is 11.9 Å². The third-order valence-electron chi connectivity index (χ3n) is 4.25. The maximum absolute atomic E-state index is 12.9. The minimum absolute atomic E-state index is 0.110. The zero-order chi connectivity index (χ0) is 21.6. The first-order valence-corrected chi connectivity index (χ1v) is 10.6. The molecule has 3 aromatic rings. The molecular formula is C22H21FN2O4S. The molecule has 0 aliphatic heterocycles. The predicted molar refractivity (Wildman–Crippen MR) is 112 cm³/mol. The van der Waals surface area contributed by atoms with E-state index < -0.39 is 21.7 Å². The molecule has 0 heterocycles. The number of ether oxygens (including phenoxy) is 1. The monoisotopic (exact) mass is 428 g/mol. The quantitative estimate of drug-likeness (QED) is 0.574. The summed E-state index contributed by atoms with van der Waals surface area (Å²) in [5.74, 6) is -0.415. The van der Waals surface area contributed by atoms with Gasteiger partial charge in [-0.1, -0.05) is 30.3 Å². The van der Waals surface area contributed by atoms with Crippen molar-refractivity contribution in [1.29, 1.82) is 0 Å². The molecular weight excluding hydrogens is 407 g/mol. The molecule has 156 valence electrons. The molecule has 0 fully saturated rings. The molecule has 0 unspecified atom stereocenters. The van der Waals surface area contributed by atoms with E-state index in [4.69, 9.17) is 4.74 Å². The molecule has 8 heteroatoms. The number of amides is 1. The summed E-state index contributed by atoms with van der Waals surface area (Å²) in [7, 11) is -3.69. The molecule has 0 aromatic heterocycles. The van der Waals surface area contributed by atoms with E-state index in [1.54, 1.807) is 6.92 Å². The van der Waals surface area contributed by atoms with E-state index in [2.05, 4.69) is 10.0 Å². The Morgan fingerprint density at radius 1 is 1.00 bits per heavy atom. The summed E-state index contributed by atoms with van der Waals surface area (Å²) in [5, 5.41) is 2.59. The van der Waals surface area contributed by atoms with E-state index in [-0.39, 0.29) is 18.0 Å². The fraction of sp³-hybridized carbons (Fsp3) is 0.136. The number of anilines is 1. The van der Waals surface area contributed by atoms with Crippen molar-refractivity contribution in [3.63, 3.8) is 0 Å². The summed E-state index contributed by atoms with van der Waals surface area (Å²) in [5.41, 5.74) is 1.88. The molecule has 0 aliphatic rings. The lowest BCUT2D eigenvalue weighted by Gasteiger charge is -2.12. The normalized spacial score (nSPS) is 11.1. The number of benzene rings is 3. The molecule has 0 spiro atoms. The summed E-state index contributed by atoms with van der Waals surface area (Å²) in [4.78, 5) is 12.1. The number of nitrogens with one attached hydrogen (secondary N) is 2. The van der Waals surface area contributed by atoms with Gasteiger partial charge < -0.3 is 10.1 Å². The number of sulfonamides is 1. The van der Waals surface area contributed by atoms with Gasteiger partial charge in [-0.3, -0.25) is 4.79 Å². The van der Waals surface area contributed by atoms with Crippen LogP contribution in [0.4, 0.5) is 10.1 Å². The van der Waals surface area contributed by atoms with Gasteiger partial charge in [-0.05, 0) is 60.5 Å². The first kappa shape index (κ1) is 21.5. The summed E-state index contributed by atoms with van der Waals surface area (Å²) < 4.78 is 46.0. The molecule has 3 rings (SSSR count). The molecule has 0 saturated carbocycles. The first-order valence-electron chi connectivity index (χ1n) is 9.16. The average molecular weight is 428 g/mol. The Kier molecular flexibility index (Phi) is 6.81. The van der Waals surface area contributed by atoms with Gasteiger partial charge in [0.1, 0.15) is 11.6 Å². The summed E-state index contributed by atoms with van der Waals surface area (Å²) in [6.45, 7) is 1.62. The molecule has 0 aliphatic carbocycles. The molecule has 0 atom stereocenters. The maximum atomic E-state index is 12.9. The van der Waals surface area contributed by atoms with Gasteiger partial charge in [-0.15, -0.1) is 0 Å². The number of rotatable bonds is 8. The van der Waals surface area contributed by atoms with Crippen LogP contribution in [0.15, 0.2) is 77.7 Å². The number of hydrogen-bond acceptors (Lipinski definition) is 4. The topological polar surface area (TPSA) is 84.5 Å². The predicted octanol–water partition coefficient (Wildman–Crippen LogP) is 3.63. The van der Waals surface area contributed by atoms with Gasteiger partial charge in [0, 0.05) is 12.2 Å². The zero-order valence-electron chi connectivity index (χ0n) is 16.3. The minimum Gasteiger partial charge on any atom is -0.483 e. The van der Waals surface area contributed by atoms with Crippen LogP contribution in [0, 0.1) is 12.7 Å². The number of halogens is 1. The van der Waals surface area contributed by atoms with Gasteiger partial charge in [0.2, 0.25) is 10.0 Å². The average Bonchev–Trinajstić information content (AvgIpc) is 2.74. The van der Waals surface area contributed by atoms with Crippen LogP contribution in [-0.2, 0) is 21.4 Å². The lowest BCUT2D eigenvalue weighted by atomic mass is 10.2. The zero-order valence-corrected chi connectivity index (χ0v) is 17.1. The maximum Gasteiger partial charge on any atom is 0.262 e. The van der Waals surface area contributed by atoms with Crippen LogP contribution in [0.2, 0.25) is 0 Å². The fourth-order valence-electron chi connectivity index (χ4n) is 2.68. The Morgan fingerprint density at radius 2 is 1.70 bits per heavy atom. The highest BCUT2D eigenvalue weighted by atomic mass is 32.2. The summed E-state index contributed by atoms with van der Waals surface area (Å²) in [6.07, 6.45) is 0. The Balaban J connectivity index is 1.58. The third-order valence-corrected chi connectivity index (χ3v) is 5.65. The van der Waals surface area contributed by atoms with Gasteiger partial charge in [-0.2, -0.15) is 0 Å². The molecule has 0 radical (unpaired) electrons. The van der Waals surface area contributed by atoms with Crippen molar-refractivity contribution in [1.82, 2.24) is 4.72 Å². The van der Waals surface area contributed by atoms with Gasteiger partial charge >= 0.3 is 0 Å². The van der Waals surface area contributed by atoms with Gasteiger partial charge in [-0.25, -0.2) is 17.5 Å². The fourth-order valence-corrected chi connectivity index (χ4v) is 3.78. The Bertz CT molecular complexity index is 1120. The van der Waals surface area contributed by atoms with Crippen LogP contribution in [0.25, 0.3) is 0 Å². The van der Waals surface area contributed by atoms with E-state index in [0.29, 0.717) is 17.0 Å². The third kappa shape index (κ3) is 5.88. The second-order valence-electron chi connectivity index (χ2n) is 6.58. The van der Waals surface area contributed by atoms with Crippen LogP contribution in [0.5, 0.6) is 5.75 Å². The molecule has 30 heavy (non-hydrogen) atoms. The number of carbonyl (C=O) groups excluding carboxylic acids is 1. The lowest BCUT2D eigenvalue weighted by Crippen LogP contribution is -2.23. The van der Waals surface area contributed by atoms with Crippen LogP contribution in [0.1, 0.15) is 11.1 Å². The van der Waals surface area contributed by atoms with Crippen molar-refractivity contribution in [2.24, 2.45) is 0 Å². The highest BCUT2D eigenvalue weighted by Crippen LogP contribution is 2.22. The van der Waals surface area contributed by atoms with Crippen molar-refractivity contribution < 1.29 is 22.3 Å². The highest BCUT2D eigenvalue weighted by molar-refractivity contribution is 7.89. The van der Waals surface area contributed by atoms with Gasteiger partial charge in [0.25, 0.3) is 5.91 Å². The molecule has 1 amide bonds. The summed E-state index contributed by atoms with van der Waals surface area (Å²) in [6, 6.07) is 19.0. The van der Waals surface area contributed by atoms with E-state index in [1.165, 1.54) is 42.5 Å². The molecule has 2 N–H and O–H groups in total. The van der Waals surface area contributed by atoms with Gasteiger partial charge in [0.05, 0.1) is 4.90 Å². The number of aryl methyl sites for hydroxylation is 1. The smallest absolute Gasteiger partial charge is 0.262 e. The van der Waals surface area contributed by atoms with Crippen LogP contribution < -0.4 is 14.8 Å². The van der Waals surface area contributed by atoms with Crippen molar-refractivity contribution in [2.45, 2.75) is 18.4 Å². The van der Waals surface area contributed by atoms with Crippen molar-refractivity contribution >= 4 is 21.6 Å². The second kappa shape index (κ2) is 9.51. The molecule has 6 nitrogen and oxygen atoms in total. The van der Waals surface area contributed by atoms with Crippen molar-refractivity contribution in [3.05, 3.63) is 89.7 Å². The SMILES string of the molecule is Cc1cc(S(=O)(=O)NCc2ccccc2)ccc1OCC(=O)Nc1ccc(F)cc1. The van der Waals surface area contributed by atoms with Crippen molar-refractivity contribution in [3.8, 4) is 5.75 Å². The van der Waals surface area contributed by atoms with Crippen LogP contribution in [0.3, 0.4) is 0 Å². The van der Waals surface area contributed by atoms with E-state index in [0.717, 1.165) is 5.56 Å². The number of carbonyl (C=O) groups is 1. The van der Waals surface area contributed by atoms with Crippen LogP contribution >= 0.6 is 0 Å². The Hall–Kier alpha value is -3.23. The second-order valence-corrected chi connectivity index (χ2v) is 8.35. The first-order chi connectivity index (χ1) is 14.3. The summed E-state index contributed by atoms with van der Waals surface area (Å²) >= 11 is 0. The van der Waals surface area contributed by atoms with E-state index in [9.17, 15) is 17.6 Å². The Morgan fingerprint density at radius 3 is 2.37 bits per heavy atom. The van der Waals surface area contributed by atoms with Gasteiger partial charge in [0.15, 0.2) is 6.61 Å². The lowest BCUT2D eigenvalue weighted by molar-refractivity contribution is -0.118. The molecule has 0 saturated heterocycles. The molecule has 3 aromatic carbocycles. The largest absolute Gasteiger partial charge is 0.483 e. The minimum atomic E-state index is -3.69. The highest BCUT2D eigenvalue weighted by Gasteiger charge is 2.16. The Labute approximate surface area is 174 Å². The van der Waals surface area contributed by atoms with E-state index in [1.807, 2.05) is 30.3 Å². The number of hydrogen-bond donors (Lipinski definition) is 2.